The second kappa shape index (κ2) is 7.85. The summed E-state index contributed by atoms with van der Waals surface area (Å²) in [7, 11) is 0. The first-order chi connectivity index (χ1) is 14.0. The normalized spacial score (nSPS) is 17.2. The zero-order chi connectivity index (χ0) is 20.5. The molecule has 1 atom stereocenters. The summed E-state index contributed by atoms with van der Waals surface area (Å²) in [6.07, 6.45) is 3.74. The fourth-order valence-corrected chi connectivity index (χ4v) is 4.16. The van der Waals surface area contributed by atoms with Crippen molar-refractivity contribution in [2.45, 2.75) is 58.8 Å². The molecular weight excluding hydrogens is 370 g/mol. The molecule has 1 N–H and O–H groups in total. The fourth-order valence-electron chi connectivity index (χ4n) is 4.16. The van der Waals surface area contributed by atoms with Gasteiger partial charge in [0, 0.05) is 54.5 Å². The van der Waals surface area contributed by atoms with Gasteiger partial charge < -0.3 is 9.42 Å². The van der Waals surface area contributed by atoms with E-state index in [0.717, 1.165) is 54.2 Å². The number of nitrogens with one attached hydrogen (secondary N) is 1. The maximum Gasteiger partial charge on any atom is 0.272 e. The van der Waals surface area contributed by atoms with E-state index in [1.54, 1.807) is 6.07 Å². The van der Waals surface area contributed by atoms with Crippen LogP contribution in [0.25, 0.3) is 5.65 Å². The maximum absolute atomic E-state index is 12.8. The lowest BCUT2D eigenvalue weighted by atomic mass is 9.94. The van der Waals surface area contributed by atoms with Gasteiger partial charge in [-0.3, -0.25) is 14.7 Å². The summed E-state index contributed by atoms with van der Waals surface area (Å²) in [5, 5.41) is 7.16. The van der Waals surface area contributed by atoms with Crippen molar-refractivity contribution in [1.29, 1.82) is 0 Å². The molecule has 0 bridgehead atoms. The first kappa shape index (κ1) is 19.4. The molecule has 3 aromatic heterocycles. The van der Waals surface area contributed by atoms with Gasteiger partial charge in [0.15, 0.2) is 5.65 Å². The number of piperidine rings is 1. The number of likely N-dealkylation sites (tertiary alicyclic amines) is 1. The molecule has 29 heavy (non-hydrogen) atoms. The molecule has 1 fully saturated rings. The van der Waals surface area contributed by atoms with Gasteiger partial charge in [-0.05, 0) is 39.5 Å². The van der Waals surface area contributed by atoms with E-state index in [1.807, 2.05) is 31.7 Å². The van der Waals surface area contributed by atoms with Gasteiger partial charge in [0.25, 0.3) is 5.56 Å². The average Bonchev–Trinajstić information content (AvgIpc) is 3.30. The Kier molecular flexibility index (Phi) is 5.25. The average molecular weight is 397 g/mol. The lowest BCUT2D eigenvalue weighted by molar-refractivity contribution is -0.132. The molecular formula is C21H27N5O3. The van der Waals surface area contributed by atoms with E-state index in [1.165, 1.54) is 4.52 Å². The summed E-state index contributed by atoms with van der Waals surface area (Å²) in [4.78, 5) is 31.6. The predicted octanol–water partition coefficient (Wildman–Crippen LogP) is 2.53. The monoisotopic (exact) mass is 397 g/mol. The Hall–Kier alpha value is -2.90. The number of fused-ring (bicyclic) bond motifs is 1. The van der Waals surface area contributed by atoms with Crippen LogP contribution in [0.15, 0.2) is 21.5 Å². The number of carbonyl (C=O) groups excluding carboxylic acids is 1. The summed E-state index contributed by atoms with van der Waals surface area (Å²) in [6, 6.07) is 3.52. The Morgan fingerprint density at radius 2 is 2.17 bits per heavy atom. The highest BCUT2D eigenvalue weighted by Crippen LogP contribution is 2.27. The summed E-state index contributed by atoms with van der Waals surface area (Å²) in [5.41, 5.74) is 4.19. The van der Waals surface area contributed by atoms with Gasteiger partial charge in [-0.1, -0.05) is 12.1 Å². The van der Waals surface area contributed by atoms with Crippen LogP contribution in [-0.4, -0.2) is 43.7 Å². The Morgan fingerprint density at radius 3 is 2.90 bits per heavy atom. The van der Waals surface area contributed by atoms with Gasteiger partial charge in [0.05, 0.1) is 5.69 Å². The third-order valence-corrected chi connectivity index (χ3v) is 5.87. The minimum Gasteiger partial charge on any atom is -0.361 e. The topological polar surface area (TPSA) is 96.5 Å². The number of carbonyl (C=O) groups is 1. The highest BCUT2D eigenvalue weighted by Gasteiger charge is 2.26. The standard InChI is InChI=1S/C21H27N5O3/c1-4-16-10-21(28)26-19(22-16)11-18(23-26)15-6-5-9-25(12-15)20(27)8-7-17-13(2)24-29-14(17)3/h10-11,15,23H,4-9,12H2,1-3H3. The van der Waals surface area contributed by atoms with Crippen LogP contribution in [0.4, 0.5) is 0 Å². The molecule has 1 aliphatic rings. The molecule has 154 valence electrons. The molecule has 4 rings (SSSR count). The SMILES string of the molecule is CCc1cc(=O)n2[nH]c(C3CCCN(C(=O)CCc4c(C)noc4C)C3)cc2n1. The van der Waals surface area contributed by atoms with Crippen LogP contribution in [-0.2, 0) is 17.6 Å². The molecule has 8 heteroatoms. The Morgan fingerprint density at radius 1 is 1.34 bits per heavy atom. The third-order valence-electron chi connectivity index (χ3n) is 5.87. The quantitative estimate of drug-likeness (QED) is 0.714. The van der Waals surface area contributed by atoms with E-state index >= 15 is 0 Å². The molecule has 1 aliphatic heterocycles. The number of aryl methyl sites for hydroxylation is 3. The molecule has 3 aromatic rings. The summed E-state index contributed by atoms with van der Waals surface area (Å²) in [5.74, 6) is 1.11. The van der Waals surface area contributed by atoms with E-state index < -0.39 is 0 Å². The van der Waals surface area contributed by atoms with E-state index in [4.69, 9.17) is 4.52 Å². The van der Waals surface area contributed by atoms with Crippen molar-refractivity contribution in [1.82, 2.24) is 24.7 Å². The van der Waals surface area contributed by atoms with Gasteiger partial charge in [0.1, 0.15) is 5.76 Å². The van der Waals surface area contributed by atoms with Crippen molar-refractivity contribution in [2.75, 3.05) is 13.1 Å². The van der Waals surface area contributed by atoms with Gasteiger partial charge in [-0.15, -0.1) is 0 Å². The van der Waals surface area contributed by atoms with E-state index in [0.29, 0.717) is 25.0 Å². The summed E-state index contributed by atoms with van der Waals surface area (Å²) in [6.45, 7) is 7.20. The van der Waals surface area contributed by atoms with Crippen LogP contribution < -0.4 is 5.56 Å². The van der Waals surface area contributed by atoms with Gasteiger partial charge in [0.2, 0.25) is 5.91 Å². The Balaban J connectivity index is 1.46. The molecule has 1 amide bonds. The first-order valence-electron chi connectivity index (χ1n) is 10.3. The van der Waals surface area contributed by atoms with Crippen molar-refractivity contribution in [3.63, 3.8) is 0 Å². The molecule has 8 nitrogen and oxygen atoms in total. The molecule has 0 spiro atoms. The predicted molar refractivity (Wildman–Crippen MR) is 108 cm³/mol. The van der Waals surface area contributed by atoms with Crippen LogP contribution in [0.5, 0.6) is 0 Å². The van der Waals surface area contributed by atoms with Crippen molar-refractivity contribution in [3.8, 4) is 0 Å². The van der Waals surface area contributed by atoms with E-state index in [-0.39, 0.29) is 17.4 Å². The molecule has 4 heterocycles. The van der Waals surface area contributed by atoms with Crippen LogP contribution in [0.2, 0.25) is 0 Å². The minimum atomic E-state index is -0.0960. The van der Waals surface area contributed by atoms with Crippen molar-refractivity contribution in [3.05, 3.63) is 50.9 Å². The lowest BCUT2D eigenvalue weighted by Crippen LogP contribution is -2.39. The second-order valence-electron chi connectivity index (χ2n) is 7.83. The van der Waals surface area contributed by atoms with Crippen molar-refractivity contribution >= 4 is 11.6 Å². The van der Waals surface area contributed by atoms with Crippen LogP contribution in [0.3, 0.4) is 0 Å². The number of hydrogen-bond donors (Lipinski definition) is 1. The summed E-state index contributed by atoms with van der Waals surface area (Å²) >= 11 is 0. The lowest BCUT2D eigenvalue weighted by Gasteiger charge is -2.32. The number of aromatic nitrogens is 4. The zero-order valence-electron chi connectivity index (χ0n) is 17.2. The largest absolute Gasteiger partial charge is 0.361 e. The van der Waals surface area contributed by atoms with Gasteiger partial charge >= 0.3 is 0 Å². The van der Waals surface area contributed by atoms with Gasteiger partial charge in [-0.2, -0.15) is 0 Å². The smallest absolute Gasteiger partial charge is 0.272 e. The van der Waals surface area contributed by atoms with E-state index in [9.17, 15) is 9.59 Å². The molecule has 0 aromatic carbocycles. The summed E-state index contributed by atoms with van der Waals surface area (Å²) < 4.78 is 6.68. The molecule has 0 radical (unpaired) electrons. The van der Waals surface area contributed by atoms with Crippen molar-refractivity contribution in [2.24, 2.45) is 0 Å². The number of hydrogen-bond acceptors (Lipinski definition) is 5. The van der Waals surface area contributed by atoms with Crippen LogP contribution in [0.1, 0.15) is 60.5 Å². The number of nitrogens with zero attached hydrogens (tertiary/aromatic N) is 4. The number of amides is 1. The van der Waals surface area contributed by atoms with Crippen LogP contribution >= 0.6 is 0 Å². The third kappa shape index (κ3) is 3.83. The zero-order valence-corrected chi connectivity index (χ0v) is 17.2. The number of aromatic amines is 1. The molecule has 1 unspecified atom stereocenters. The fraction of sp³-hybridized carbons (Fsp3) is 0.524. The Labute approximate surface area is 168 Å². The van der Waals surface area contributed by atoms with E-state index in [2.05, 4.69) is 15.2 Å². The Bertz CT molecular complexity index is 1070. The van der Waals surface area contributed by atoms with Crippen molar-refractivity contribution < 1.29 is 9.32 Å². The van der Waals surface area contributed by atoms with Gasteiger partial charge in [-0.25, -0.2) is 9.50 Å². The molecule has 1 saturated heterocycles. The molecule has 0 aliphatic carbocycles. The minimum absolute atomic E-state index is 0.0960. The maximum atomic E-state index is 12.8. The number of rotatable bonds is 5. The van der Waals surface area contributed by atoms with Crippen LogP contribution in [0, 0.1) is 13.8 Å². The molecule has 0 saturated carbocycles. The highest BCUT2D eigenvalue weighted by atomic mass is 16.5. The second-order valence-corrected chi connectivity index (χ2v) is 7.83. The first-order valence-corrected chi connectivity index (χ1v) is 10.3. The highest BCUT2D eigenvalue weighted by molar-refractivity contribution is 5.76. The number of H-pyrrole nitrogens is 1.